The molecule has 1 aromatic carbocycles. The minimum Gasteiger partial charge on any atom is -0.369 e. The van der Waals surface area contributed by atoms with Crippen LogP contribution in [0.5, 0.6) is 0 Å². The molecule has 128 valence electrons. The Balaban J connectivity index is 1.67. The van der Waals surface area contributed by atoms with E-state index >= 15 is 0 Å². The van der Waals surface area contributed by atoms with E-state index in [9.17, 15) is 8.42 Å². The molecule has 0 amide bonds. The van der Waals surface area contributed by atoms with Crippen LogP contribution in [-0.2, 0) is 21.1 Å². The highest BCUT2D eigenvalue weighted by Crippen LogP contribution is 2.22. The highest BCUT2D eigenvalue weighted by molar-refractivity contribution is 7.90. The third kappa shape index (κ3) is 4.17. The van der Waals surface area contributed by atoms with Crippen LogP contribution in [0.4, 0.5) is 0 Å². The maximum atomic E-state index is 11.5. The zero-order valence-corrected chi connectivity index (χ0v) is 14.7. The van der Waals surface area contributed by atoms with Crippen LogP contribution in [0, 0.1) is 6.92 Å². The zero-order valence-electron chi connectivity index (χ0n) is 13.8. The van der Waals surface area contributed by atoms with Crippen molar-refractivity contribution in [1.82, 2.24) is 14.9 Å². The maximum Gasteiger partial charge on any atom is 0.175 e. The molecule has 0 unspecified atom stereocenters. The molecule has 0 radical (unpaired) electrons. The number of aromatic nitrogens is 2. The third-order valence-corrected chi connectivity index (χ3v) is 5.16. The van der Waals surface area contributed by atoms with Crippen molar-refractivity contribution in [3.05, 3.63) is 53.6 Å². The lowest BCUT2D eigenvalue weighted by Gasteiger charge is -2.32. The van der Waals surface area contributed by atoms with Gasteiger partial charge in [-0.05, 0) is 30.7 Å². The Kier molecular flexibility index (Phi) is 4.93. The van der Waals surface area contributed by atoms with Gasteiger partial charge in [-0.3, -0.25) is 4.90 Å². The fourth-order valence-corrected chi connectivity index (χ4v) is 3.41. The molecule has 0 spiro atoms. The van der Waals surface area contributed by atoms with E-state index < -0.39 is 9.84 Å². The highest BCUT2D eigenvalue weighted by Gasteiger charge is 2.23. The Hall–Kier alpha value is -1.83. The molecule has 1 aliphatic heterocycles. The van der Waals surface area contributed by atoms with Gasteiger partial charge in [0.05, 0.1) is 17.2 Å². The van der Waals surface area contributed by atoms with Gasteiger partial charge in [-0.1, -0.05) is 12.1 Å². The summed E-state index contributed by atoms with van der Waals surface area (Å²) < 4.78 is 28.9. The van der Waals surface area contributed by atoms with Gasteiger partial charge in [0.1, 0.15) is 11.9 Å². The lowest BCUT2D eigenvalue weighted by molar-refractivity contribution is -0.0351. The normalized spacial score (nSPS) is 19.3. The topological polar surface area (TPSA) is 72.4 Å². The molecule has 2 heterocycles. The van der Waals surface area contributed by atoms with E-state index in [1.807, 2.05) is 25.1 Å². The first-order chi connectivity index (χ1) is 11.4. The summed E-state index contributed by atoms with van der Waals surface area (Å²) in [5.41, 5.74) is 1.99. The van der Waals surface area contributed by atoms with Crippen LogP contribution in [0.1, 0.15) is 23.2 Å². The summed E-state index contributed by atoms with van der Waals surface area (Å²) in [6.07, 6.45) is 2.91. The van der Waals surface area contributed by atoms with Crippen molar-refractivity contribution in [1.29, 1.82) is 0 Å². The number of hydrogen-bond acceptors (Lipinski definition) is 6. The van der Waals surface area contributed by atoms with Gasteiger partial charge in [0.25, 0.3) is 0 Å². The van der Waals surface area contributed by atoms with Crippen molar-refractivity contribution >= 4 is 9.84 Å². The molecular formula is C17H21N3O3S. The first kappa shape index (κ1) is 17.0. The molecule has 1 saturated heterocycles. The van der Waals surface area contributed by atoms with Crippen LogP contribution in [0.2, 0.25) is 0 Å². The SMILES string of the molecule is Cc1nccc([C@H]2CN(Cc3ccc(S(C)(=O)=O)cc3)CCO2)n1. The van der Waals surface area contributed by atoms with E-state index in [0.29, 0.717) is 11.5 Å². The van der Waals surface area contributed by atoms with Crippen molar-refractivity contribution in [2.45, 2.75) is 24.5 Å². The summed E-state index contributed by atoms with van der Waals surface area (Å²) in [5.74, 6) is 0.740. The average Bonchev–Trinajstić information content (AvgIpc) is 2.55. The minimum absolute atomic E-state index is 0.0595. The molecule has 2 aromatic rings. The zero-order chi connectivity index (χ0) is 17.2. The van der Waals surface area contributed by atoms with Crippen LogP contribution in [0.25, 0.3) is 0 Å². The molecule has 1 fully saturated rings. The molecule has 6 nitrogen and oxygen atoms in total. The van der Waals surface area contributed by atoms with E-state index in [4.69, 9.17) is 4.74 Å². The van der Waals surface area contributed by atoms with Gasteiger partial charge in [-0.2, -0.15) is 0 Å². The van der Waals surface area contributed by atoms with E-state index in [1.54, 1.807) is 18.3 Å². The van der Waals surface area contributed by atoms with Crippen LogP contribution in [0.15, 0.2) is 41.4 Å². The maximum absolute atomic E-state index is 11.5. The van der Waals surface area contributed by atoms with Crippen molar-refractivity contribution in [3.8, 4) is 0 Å². The first-order valence-electron chi connectivity index (χ1n) is 7.84. The molecule has 0 aliphatic carbocycles. The Bertz CT molecular complexity index is 806. The van der Waals surface area contributed by atoms with Crippen LogP contribution >= 0.6 is 0 Å². The van der Waals surface area contributed by atoms with E-state index in [-0.39, 0.29) is 6.10 Å². The van der Waals surface area contributed by atoms with Crippen LogP contribution < -0.4 is 0 Å². The number of aryl methyl sites for hydroxylation is 1. The number of hydrogen-bond donors (Lipinski definition) is 0. The van der Waals surface area contributed by atoms with Gasteiger partial charge in [-0.15, -0.1) is 0 Å². The summed E-state index contributed by atoms with van der Waals surface area (Å²) in [6.45, 7) is 4.87. The third-order valence-electron chi connectivity index (χ3n) is 4.04. The number of rotatable bonds is 4. The molecule has 3 rings (SSSR count). The first-order valence-corrected chi connectivity index (χ1v) is 9.73. The van der Waals surface area contributed by atoms with Crippen LogP contribution in [0.3, 0.4) is 0 Å². The summed E-state index contributed by atoms with van der Waals surface area (Å²) in [5, 5.41) is 0. The van der Waals surface area contributed by atoms with Crippen molar-refractivity contribution < 1.29 is 13.2 Å². The monoisotopic (exact) mass is 347 g/mol. The molecule has 0 bridgehead atoms. The lowest BCUT2D eigenvalue weighted by atomic mass is 10.1. The Labute approximate surface area is 142 Å². The number of sulfone groups is 1. The Morgan fingerprint density at radius 1 is 1.25 bits per heavy atom. The Morgan fingerprint density at radius 3 is 2.67 bits per heavy atom. The second kappa shape index (κ2) is 6.96. The number of nitrogens with zero attached hydrogens (tertiary/aromatic N) is 3. The van der Waals surface area contributed by atoms with Crippen LogP contribution in [-0.4, -0.2) is 49.2 Å². The Morgan fingerprint density at radius 2 is 2.00 bits per heavy atom. The molecule has 1 aromatic heterocycles. The fraction of sp³-hybridized carbons (Fsp3) is 0.412. The van der Waals surface area contributed by atoms with E-state index in [1.165, 1.54) is 6.26 Å². The van der Waals surface area contributed by atoms with Gasteiger partial charge < -0.3 is 4.74 Å². The van der Waals surface area contributed by atoms with Gasteiger partial charge in [-0.25, -0.2) is 18.4 Å². The van der Waals surface area contributed by atoms with Gasteiger partial charge >= 0.3 is 0 Å². The molecule has 1 atom stereocenters. The number of benzene rings is 1. The van der Waals surface area contributed by atoms with Gasteiger partial charge in [0, 0.05) is 32.1 Å². The van der Waals surface area contributed by atoms with Gasteiger partial charge in [0.2, 0.25) is 0 Å². The average molecular weight is 347 g/mol. The molecule has 24 heavy (non-hydrogen) atoms. The summed E-state index contributed by atoms with van der Waals surface area (Å²) >= 11 is 0. The minimum atomic E-state index is -3.15. The predicted octanol–water partition coefficient (Wildman–Crippen LogP) is 1.76. The number of morpholine rings is 1. The smallest absolute Gasteiger partial charge is 0.175 e. The second-order valence-electron chi connectivity index (χ2n) is 6.04. The lowest BCUT2D eigenvalue weighted by Crippen LogP contribution is -2.38. The molecule has 0 N–H and O–H groups in total. The second-order valence-corrected chi connectivity index (χ2v) is 8.06. The molecule has 7 heteroatoms. The molecule has 0 saturated carbocycles. The number of ether oxygens (including phenoxy) is 1. The summed E-state index contributed by atoms with van der Waals surface area (Å²) in [6, 6.07) is 8.96. The predicted molar refractivity (Wildman–Crippen MR) is 90.3 cm³/mol. The highest BCUT2D eigenvalue weighted by atomic mass is 32.2. The van der Waals surface area contributed by atoms with Gasteiger partial charge in [0.15, 0.2) is 9.84 Å². The molecular weight excluding hydrogens is 326 g/mol. The molecule has 1 aliphatic rings. The fourth-order valence-electron chi connectivity index (χ4n) is 2.78. The largest absolute Gasteiger partial charge is 0.369 e. The standard InChI is InChI=1S/C17H21N3O3S/c1-13-18-8-7-16(19-13)17-12-20(9-10-23-17)11-14-3-5-15(6-4-14)24(2,21)22/h3-8,17H,9-12H2,1-2H3/t17-/m1/s1. The van der Waals surface area contributed by atoms with Crippen molar-refractivity contribution in [2.75, 3.05) is 26.0 Å². The van der Waals surface area contributed by atoms with E-state index in [0.717, 1.165) is 36.7 Å². The quantitative estimate of drug-likeness (QED) is 0.839. The summed E-state index contributed by atoms with van der Waals surface area (Å²) in [4.78, 5) is 11.2. The van der Waals surface area contributed by atoms with E-state index in [2.05, 4.69) is 14.9 Å². The summed E-state index contributed by atoms with van der Waals surface area (Å²) in [7, 11) is -3.15. The van der Waals surface area contributed by atoms with Crippen molar-refractivity contribution in [2.24, 2.45) is 0 Å². The van der Waals surface area contributed by atoms with Crippen molar-refractivity contribution in [3.63, 3.8) is 0 Å².